The van der Waals surface area contributed by atoms with Gasteiger partial charge in [-0.05, 0) is 37.1 Å². The second kappa shape index (κ2) is 7.59. The maximum absolute atomic E-state index is 10.7. The molecule has 0 amide bonds. The SMILES string of the molecule is C=CCN(CCOc1cc(C)cc(C)c1)CC(=O)O. The van der Waals surface area contributed by atoms with Crippen LogP contribution in [0.5, 0.6) is 5.75 Å². The standard InChI is InChI=1S/C15H21NO3/c1-4-5-16(11-15(17)18)6-7-19-14-9-12(2)8-13(3)10-14/h4,8-10H,1,5-7,11H2,2-3H3,(H,17,18). The van der Waals surface area contributed by atoms with Crippen molar-refractivity contribution >= 4 is 5.97 Å². The Bertz CT molecular complexity index is 423. The van der Waals surface area contributed by atoms with E-state index in [1.54, 1.807) is 11.0 Å². The van der Waals surface area contributed by atoms with E-state index in [-0.39, 0.29) is 6.54 Å². The van der Waals surface area contributed by atoms with Gasteiger partial charge in [0.1, 0.15) is 12.4 Å². The van der Waals surface area contributed by atoms with Crippen LogP contribution in [0.2, 0.25) is 0 Å². The van der Waals surface area contributed by atoms with Crippen LogP contribution >= 0.6 is 0 Å². The average molecular weight is 263 g/mol. The van der Waals surface area contributed by atoms with E-state index < -0.39 is 5.97 Å². The quantitative estimate of drug-likeness (QED) is 0.731. The number of benzene rings is 1. The molecule has 0 atom stereocenters. The molecular formula is C15H21NO3. The van der Waals surface area contributed by atoms with Crippen molar-refractivity contribution in [1.29, 1.82) is 0 Å². The molecule has 0 aliphatic heterocycles. The fraction of sp³-hybridized carbons (Fsp3) is 0.400. The molecule has 19 heavy (non-hydrogen) atoms. The van der Waals surface area contributed by atoms with Crippen molar-refractivity contribution in [3.05, 3.63) is 42.0 Å². The van der Waals surface area contributed by atoms with Crippen molar-refractivity contribution in [2.45, 2.75) is 13.8 Å². The third-order valence-electron chi connectivity index (χ3n) is 2.62. The highest BCUT2D eigenvalue weighted by Crippen LogP contribution is 2.16. The molecule has 0 unspecified atom stereocenters. The van der Waals surface area contributed by atoms with E-state index in [9.17, 15) is 4.79 Å². The molecule has 0 bridgehead atoms. The Morgan fingerprint density at radius 2 is 2.00 bits per heavy atom. The van der Waals surface area contributed by atoms with Crippen LogP contribution in [0, 0.1) is 13.8 Å². The Morgan fingerprint density at radius 1 is 1.37 bits per heavy atom. The normalized spacial score (nSPS) is 10.5. The van der Waals surface area contributed by atoms with Crippen LogP contribution in [0.15, 0.2) is 30.9 Å². The van der Waals surface area contributed by atoms with E-state index in [1.807, 2.05) is 26.0 Å². The molecule has 4 heteroatoms. The van der Waals surface area contributed by atoms with Gasteiger partial charge in [-0.1, -0.05) is 12.1 Å². The molecule has 4 nitrogen and oxygen atoms in total. The fourth-order valence-electron chi connectivity index (χ4n) is 1.92. The number of carboxylic acids is 1. The van der Waals surface area contributed by atoms with Gasteiger partial charge in [0, 0.05) is 13.1 Å². The summed E-state index contributed by atoms with van der Waals surface area (Å²) in [6.45, 7) is 9.24. The zero-order chi connectivity index (χ0) is 14.3. The Balaban J connectivity index is 2.46. The smallest absolute Gasteiger partial charge is 0.317 e. The Hall–Kier alpha value is -1.81. The highest BCUT2D eigenvalue weighted by molar-refractivity contribution is 5.69. The molecule has 0 heterocycles. The highest BCUT2D eigenvalue weighted by atomic mass is 16.5. The van der Waals surface area contributed by atoms with Gasteiger partial charge in [-0.3, -0.25) is 9.69 Å². The monoisotopic (exact) mass is 263 g/mol. The maximum Gasteiger partial charge on any atom is 0.317 e. The topological polar surface area (TPSA) is 49.8 Å². The molecule has 1 aromatic rings. The number of hydrogen-bond donors (Lipinski definition) is 1. The Kier molecular flexibility index (Phi) is 6.09. The lowest BCUT2D eigenvalue weighted by atomic mass is 10.1. The van der Waals surface area contributed by atoms with Gasteiger partial charge in [-0.25, -0.2) is 0 Å². The summed E-state index contributed by atoms with van der Waals surface area (Å²) in [5.74, 6) is -0.0142. The highest BCUT2D eigenvalue weighted by Gasteiger charge is 2.08. The average Bonchev–Trinajstić information content (AvgIpc) is 2.27. The van der Waals surface area contributed by atoms with E-state index in [0.717, 1.165) is 16.9 Å². The number of nitrogens with zero attached hydrogens (tertiary/aromatic N) is 1. The van der Waals surface area contributed by atoms with Crippen molar-refractivity contribution < 1.29 is 14.6 Å². The molecule has 0 aliphatic rings. The lowest BCUT2D eigenvalue weighted by molar-refractivity contribution is -0.138. The number of carboxylic acid groups (broad SMARTS) is 1. The summed E-state index contributed by atoms with van der Waals surface area (Å²) in [5.41, 5.74) is 2.31. The van der Waals surface area contributed by atoms with E-state index in [2.05, 4.69) is 12.6 Å². The summed E-state index contributed by atoms with van der Waals surface area (Å²) in [6, 6.07) is 6.03. The zero-order valence-electron chi connectivity index (χ0n) is 11.6. The van der Waals surface area contributed by atoms with Gasteiger partial charge in [0.05, 0.1) is 6.54 Å². The van der Waals surface area contributed by atoms with E-state index in [1.165, 1.54) is 0 Å². The van der Waals surface area contributed by atoms with Crippen LogP contribution in [-0.4, -0.2) is 42.2 Å². The van der Waals surface area contributed by atoms with Gasteiger partial charge >= 0.3 is 5.97 Å². The van der Waals surface area contributed by atoms with Crippen LogP contribution in [0.25, 0.3) is 0 Å². The van der Waals surface area contributed by atoms with Crippen molar-refractivity contribution in [3.63, 3.8) is 0 Å². The van der Waals surface area contributed by atoms with Crippen molar-refractivity contribution in [1.82, 2.24) is 4.90 Å². The van der Waals surface area contributed by atoms with Gasteiger partial charge in [0.15, 0.2) is 0 Å². The molecule has 0 spiro atoms. The molecule has 1 N–H and O–H groups in total. The number of rotatable bonds is 8. The first-order valence-electron chi connectivity index (χ1n) is 6.27. The van der Waals surface area contributed by atoms with Gasteiger partial charge in [0.25, 0.3) is 0 Å². The van der Waals surface area contributed by atoms with Crippen molar-refractivity contribution in [2.75, 3.05) is 26.2 Å². The number of hydrogen-bond acceptors (Lipinski definition) is 3. The molecule has 0 fully saturated rings. The van der Waals surface area contributed by atoms with Crippen LogP contribution in [0.4, 0.5) is 0 Å². The van der Waals surface area contributed by atoms with Gasteiger partial charge in [-0.15, -0.1) is 6.58 Å². The molecule has 0 saturated heterocycles. The summed E-state index contributed by atoms with van der Waals surface area (Å²) in [6.07, 6.45) is 1.69. The third-order valence-corrected chi connectivity index (χ3v) is 2.62. The maximum atomic E-state index is 10.7. The number of carbonyl (C=O) groups is 1. The molecule has 0 aromatic heterocycles. The van der Waals surface area contributed by atoms with Crippen LogP contribution in [0.1, 0.15) is 11.1 Å². The molecule has 0 radical (unpaired) electrons. The van der Waals surface area contributed by atoms with Crippen molar-refractivity contribution in [2.24, 2.45) is 0 Å². The fourth-order valence-corrected chi connectivity index (χ4v) is 1.92. The molecule has 0 saturated carbocycles. The van der Waals surface area contributed by atoms with Crippen molar-refractivity contribution in [3.8, 4) is 5.75 Å². The summed E-state index contributed by atoms with van der Waals surface area (Å²) in [4.78, 5) is 12.5. The first kappa shape index (κ1) is 15.2. The molecule has 1 rings (SSSR count). The van der Waals surface area contributed by atoms with E-state index >= 15 is 0 Å². The van der Waals surface area contributed by atoms with Crippen LogP contribution in [0.3, 0.4) is 0 Å². The van der Waals surface area contributed by atoms with E-state index in [0.29, 0.717) is 19.7 Å². The van der Waals surface area contributed by atoms with Crippen LogP contribution < -0.4 is 4.74 Å². The largest absolute Gasteiger partial charge is 0.492 e. The second-order valence-electron chi connectivity index (χ2n) is 4.59. The lowest BCUT2D eigenvalue weighted by Crippen LogP contribution is -2.33. The summed E-state index contributed by atoms with van der Waals surface area (Å²) in [5, 5.41) is 8.78. The van der Waals surface area contributed by atoms with Crippen LogP contribution in [-0.2, 0) is 4.79 Å². The first-order valence-corrected chi connectivity index (χ1v) is 6.27. The molecule has 104 valence electrons. The molecule has 0 aliphatic carbocycles. The second-order valence-corrected chi connectivity index (χ2v) is 4.59. The number of aryl methyl sites for hydroxylation is 2. The predicted octanol–water partition coefficient (Wildman–Crippen LogP) is 2.25. The van der Waals surface area contributed by atoms with E-state index in [4.69, 9.17) is 9.84 Å². The minimum absolute atomic E-state index is 0.00221. The summed E-state index contributed by atoms with van der Waals surface area (Å²) < 4.78 is 5.66. The minimum Gasteiger partial charge on any atom is -0.492 e. The van der Waals surface area contributed by atoms with Gasteiger partial charge in [-0.2, -0.15) is 0 Å². The molecule has 1 aromatic carbocycles. The summed E-state index contributed by atoms with van der Waals surface area (Å²) >= 11 is 0. The zero-order valence-corrected chi connectivity index (χ0v) is 11.6. The minimum atomic E-state index is -0.840. The number of ether oxygens (including phenoxy) is 1. The Labute approximate surface area is 114 Å². The Morgan fingerprint density at radius 3 is 2.53 bits per heavy atom. The van der Waals surface area contributed by atoms with Gasteiger partial charge < -0.3 is 9.84 Å². The third kappa shape index (κ3) is 6.06. The van der Waals surface area contributed by atoms with Gasteiger partial charge in [0.2, 0.25) is 0 Å². The first-order chi connectivity index (χ1) is 9.01. The lowest BCUT2D eigenvalue weighted by Gasteiger charge is -2.18. The number of aliphatic carboxylic acids is 1. The predicted molar refractivity (Wildman–Crippen MR) is 75.7 cm³/mol. The summed E-state index contributed by atoms with van der Waals surface area (Å²) in [7, 11) is 0. The molecular weight excluding hydrogens is 242 g/mol.